The Bertz CT molecular complexity index is 373. The summed E-state index contributed by atoms with van der Waals surface area (Å²) in [7, 11) is 0. The van der Waals surface area contributed by atoms with Crippen molar-refractivity contribution in [1.29, 1.82) is 5.26 Å². The second-order valence-electron chi connectivity index (χ2n) is 2.11. The molecule has 0 radical (unpaired) electrons. The normalized spacial score (nSPS) is 10.2. The first-order valence-corrected chi connectivity index (χ1v) is 3.89. The van der Waals surface area contributed by atoms with E-state index < -0.39 is 23.5 Å². The van der Waals surface area contributed by atoms with Gasteiger partial charge in [-0.25, -0.2) is 13.8 Å². The van der Waals surface area contributed by atoms with Crippen LogP contribution in [0.5, 0.6) is 0 Å². The van der Waals surface area contributed by atoms with E-state index in [1.807, 2.05) is 0 Å². The van der Waals surface area contributed by atoms with Crippen LogP contribution in [0.25, 0.3) is 0 Å². The largest absolute Gasteiger partial charge is 0.267 e. The summed E-state index contributed by atoms with van der Waals surface area (Å²) in [5.74, 6) is -0.965. The first-order valence-electron chi connectivity index (χ1n) is 3.10. The molecule has 13 heavy (non-hydrogen) atoms. The molecule has 1 rings (SSSR count). The molecule has 0 aliphatic heterocycles. The molecule has 0 unspecified atom stereocenters. The minimum atomic E-state index is -2.85. The topological polar surface area (TPSA) is 36.7 Å². The van der Waals surface area contributed by atoms with Gasteiger partial charge in [0.05, 0.1) is 17.2 Å². The molecule has 6 heteroatoms. The second kappa shape index (κ2) is 3.75. The van der Waals surface area contributed by atoms with Gasteiger partial charge >= 0.3 is 0 Å². The Labute approximate surface area is 80.1 Å². The van der Waals surface area contributed by atoms with Gasteiger partial charge in [0, 0.05) is 6.07 Å². The average molecular weight is 251 g/mol. The predicted octanol–water partition coefficient (Wildman–Crippen LogP) is 2.79. The maximum Gasteiger partial charge on any atom is 0.267 e. The molecular weight excluding hydrogens is 249 g/mol. The van der Waals surface area contributed by atoms with Gasteiger partial charge in [-0.15, -0.1) is 0 Å². The van der Waals surface area contributed by atoms with Crippen molar-refractivity contribution in [1.82, 2.24) is 4.98 Å². The van der Waals surface area contributed by atoms with Crippen LogP contribution >= 0.6 is 15.9 Å². The van der Waals surface area contributed by atoms with Gasteiger partial charge in [-0.2, -0.15) is 9.65 Å². The zero-order chi connectivity index (χ0) is 10.0. The number of aromatic nitrogens is 1. The van der Waals surface area contributed by atoms with Crippen molar-refractivity contribution in [2.24, 2.45) is 0 Å². The van der Waals surface area contributed by atoms with E-state index >= 15 is 0 Å². The lowest BCUT2D eigenvalue weighted by Crippen LogP contribution is -1.97. The summed E-state index contributed by atoms with van der Waals surface area (Å²) < 4.78 is 36.7. The fourth-order valence-electron chi connectivity index (χ4n) is 0.794. The average Bonchev–Trinajstić information content (AvgIpc) is 2.01. The second-order valence-corrected chi connectivity index (χ2v) is 2.86. The van der Waals surface area contributed by atoms with Gasteiger partial charge in [-0.1, -0.05) is 0 Å². The van der Waals surface area contributed by atoms with Gasteiger partial charge in [0.25, 0.3) is 6.43 Å². The van der Waals surface area contributed by atoms with Crippen molar-refractivity contribution in [3.8, 4) is 6.07 Å². The summed E-state index contributed by atoms with van der Waals surface area (Å²) in [6.45, 7) is 0. The Morgan fingerprint density at radius 1 is 1.54 bits per heavy atom. The zero-order valence-electron chi connectivity index (χ0n) is 6.06. The monoisotopic (exact) mass is 250 g/mol. The van der Waals surface area contributed by atoms with Crippen molar-refractivity contribution in [2.75, 3.05) is 0 Å². The van der Waals surface area contributed by atoms with Crippen LogP contribution in [-0.2, 0) is 0 Å². The highest BCUT2D eigenvalue weighted by Gasteiger charge is 2.19. The molecular formula is C7H2BrF3N2. The number of hydrogen-bond acceptors (Lipinski definition) is 2. The van der Waals surface area contributed by atoms with E-state index in [2.05, 4.69) is 20.9 Å². The third kappa shape index (κ3) is 1.98. The molecule has 0 saturated carbocycles. The van der Waals surface area contributed by atoms with Crippen molar-refractivity contribution < 1.29 is 13.2 Å². The lowest BCUT2D eigenvalue weighted by atomic mass is 10.1. The number of nitrogens with zero attached hydrogens (tertiary/aromatic N) is 2. The smallest absolute Gasteiger partial charge is 0.212 e. The van der Waals surface area contributed by atoms with Crippen LogP contribution in [0.15, 0.2) is 10.7 Å². The lowest BCUT2D eigenvalue weighted by molar-refractivity contribution is 0.149. The van der Waals surface area contributed by atoms with E-state index in [4.69, 9.17) is 5.26 Å². The number of hydrogen-bond donors (Lipinski definition) is 0. The van der Waals surface area contributed by atoms with Crippen LogP contribution < -0.4 is 0 Å². The van der Waals surface area contributed by atoms with Gasteiger partial charge in [0.2, 0.25) is 5.95 Å². The van der Waals surface area contributed by atoms with E-state index in [0.717, 1.165) is 0 Å². The molecule has 0 aromatic carbocycles. The van der Waals surface area contributed by atoms with Crippen LogP contribution in [0.3, 0.4) is 0 Å². The first kappa shape index (κ1) is 9.99. The van der Waals surface area contributed by atoms with Gasteiger partial charge in [-0.3, -0.25) is 0 Å². The first-order chi connectivity index (χ1) is 6.06. The highest BCUT2D eigenvalue weighted by molar-refractivity contribution is 9.10. The zero-order valence-corrected chi connectivity index (χ0v) is 7.65. The summed E-state index contributed by atoms with van der Waals surface area (Å²) in [6, 6.07) is 2.14. The fraction of sp³-hybridized carbons (Fsp3) is 0.143. The van der Waals surface area contributed by atoms with Crippen LogP contribution in [0.2, 0.25) is 0 Å². The van der Waals surface area contributed by atoms with E-state index in [-0.39, 0.29) is 4.60 Å². The van der Waals surface area contributed by atoms with Crippen molar-refractivity contribution in [2.45, 2.75) is 6.43 Å². The van der Waals surface area contributed by atoms with Gasteiger partial charge in [-0.05, 0) is 15.9 Å². The van der Waals surface area contributed by atoms with Crippen molar-refractivity contribution in [3.63, 3.8) is 0 Å². The van der Waals surface area contributed by atoms with Crippen LogP contribution in [-0.4, -0.2) is 4.98 Å². The quantitative estimate of drug-likeness (QED) is 0.719. The number of nitriles is 1. The molecule has 0 bridgehead atoms. The molecule has 0 aliphatic carbocycles. The SMILES string of the molecule is N#Cc1cc(F)nc(Br)c1C(F)F. The summed E-state index contributed by atoms with van der Waals surface area (Å²) >= 11 is 2.66. The Hall–Kier alpha value is -1.09. The summed E-state index contributed by atoms with van der Waals surface area (Å²) in [5.41, 5.74) is -0.988. The van der Waals surface area contributed by atoms with E-state index in [0.29, 0.717) is 6.07 Å². The summed E-state index contributed by atoms with van der Waals surface area (Å²) in [5, 5.41) is 8.42. The molecule has 1 aromatic heterocycles. The maximum atomic E-state index is 12.5. The van der Waals surface area contributed by atoms with Crippen LogP contribution in [0, 0.1) is 17.3 Å². The van der Waals surface area contributed by atoms with Crippen molar-refractivity contribution in [3.05, 3.63) is 27.7 Å². The minimum Gasteiger partial charge on any atom is -0.212 e. The Morgan fingerprint density at radius 3 is 2.62 bits per heavy atom. The van der Waals surface area contributed by atoms with E-state index in [1.54, 1.807) is 0 Å². The fourth-order valence-corrected chi connectivity index (χ4v) is 1.35. The maximum absolute atomic E-state index is 12.5. The Kier molecular flexibility index (Phi) is 2.88. The third-order valence-electron chi connectivity index (χ3n) is 1.32. The number of halogens is 4. The number of alkyl halides is 2. The Balaban J connectivity index is 3.41. The molecule has 0 saturated heterocycles. The standard InChI is InChI=1S/C7H2BrF3N2/c8-6-5(7(10)11)3(2-12)1-4(9)13-6/h1,7H. The van der Waals surface area contributed by atoms with Crippen LogP contribution in [0.1, 0.15) is 17.6 Å². The molecule has 0 amide bonds. The summed E-state index contributed by atoms with van der Waals surface area (Å²) in [6.07, 6.45) is -2.85. The third-order valence-corrected chi connectivity index (χ3v) is 1.92. The lowest BCUT2D eigenvalue weighted by Gasteiger charge is -2.03. The minimum absolute atomic E-state index is 0.334. The summed E-state index contributed by atoms with van der Waals surface area (Å²) in [4.78, 5) is 3.12. The number of pyridine rings is 1. The molecule has 0 aliphatic rings. The molecule has 2 nitrogen and oxygen atoms in total. The highest BCUT2D eigenvalue weighted by atomic mass is 79.9. The van der Waals surface area contributed by atoms with Gasteiger partial charge in [0.15, 0.2) is 0 Å². The van der Waals surface area contributed by atoms with E-state index in [1.165, 1.54) is 6.07 Å². The van der Waals surface area contributed by atoms with Gasteiger partial charge in [0.1, 0.15) is 4.60 Å². The molecule has 1 aromatic rings. The molecule has 0 fully saturated rings. The van der Waals surface area contributed by atoms with Crippen molar-refractivity contribution >= 4 is 15.9 Å². The number of rotatable bonds is 1. The Morgan fingerprint density at radius 2 is 2.15 bits per heavy atom. The van der Waals surface area contributed by atoms with Crippen LogP contribution in [0.4, 0.5) is 13.2 Å². The van der Waals surface area contributed by atoms with Gasteiger partial charge < -0.3 is 0 Å². The molecule has 0 atom stereocenters. The molecule has 0 spiro atoms. The molecule has 0 N–H and O–H groups in total. The van der Waals surface area contributed by atoms with E-state index in [9.17, 15) is 13.2 Å². The predicted molar refractivity (Wildman–Crippen MR) is 41.6 cm³/mol. The highest BCUT2D eigenvalue weighted by Crippen LogP contribution is 2.29. The molecule has 68 valence electrons. The molecule has 1 heterocycles.